The largest absolute Gasteiger partial charge is 0.497 e. The molecule has 4 aromatic rings. The van der Waals surface area contributed by atoms with Crippen molar-refractivity contribution in [3.05, 3.63) is 130 Å². The lowest BCUT2D eigenvalue weighted by Crippen LogP contribution is -2.43. The molecule has 4 aromatic carbocycles. The summed E-state index contributed by atoms with van der Waals surface area (Å²) in [5.74, 6) is 0.181. The molecule has 2 N–H and O–H groups in total. The average Bonchev–Trinajstić information content (AvgIpc) is 3.04. The van der Waals surface area contributed by atoms with Crippen molar-refractivity contribution in [2.24, 2.45) is 0 Å². The van der Waals surface area contributed by atoms with Gasteiger partial charge in [0.15, 0.2) is 0 Å². The van der Waals surface area contributed by atoms with Crippen molar-refractivity contribution in [3.8, 4) is 5.75 Å². The number of methoxy groups -OCH3 is 1. The van der Waals surface area contributed by atoms with Crippen LogP contribution in [0.25, 0.3) is 0 Å². The highest BCUT2D eigenvalue weighted by atomic mass is 35.5. The van der Waals surface area contributed by atoms with E-state index >= 15 is 0 Å². The monoisotopic (exact) mass is 633 g/mol. The van der Waals surface area contributed by atoms with Gasteiger partial charge in [0.2, 0.25) is 21.8 Å². The van der Waals surface area contributed by atoms with Gasteiger partial charge in [0.05, 0.1) is 12.0 Å². The van der Waals surface area contributed by atoms with E-state index in [0.717, 1.165) is 22.4 Å². The maximum Gasteiger partial charge on any atom is 0.247 e. The summed E-state index contributed by atoms with van der Waals surface area (Å²) in [6.07, 6.45) is 0.481. The summed E-state index contributed by atoms with van der Waals surface area (Å²) in [7, 11) is -1.98. The van der Waals surface area contributed by atoms with E-state index in [2.05, 4.69) is 10.0 Å². The molecule has 0 aliphatic heterocycles. The highest BCUT2D eigenvalue weighted by molar-refractivity contribution is 7.89. The molecule has 1 atom stereocenters. The number of nitrogens with one attached hydrogen (secondary N) is 2. The topological polar surface area (TPSA) is 105 Å². The third-order valence-electron chi connectivity index (χ3n) is 7.08. The molecule has 230 valence electrons. The lowest BCUT2D eigenvalue weighted by molar-refractivity contribution is -0.141. The van der Waals surface area contributed by atoms with Gasteiger partial charge in [-0.15, -0.1) is 0 Å². The van der Waals surface area contributed by atoms with E-state index in [1.807, 2.05) is 66.7 Å². The molecule has 0 bridgehead atoms. The Bertz CT molecular complexity index is 1630. The molecule has 0 aliphatic rings. The Morgan fingerprint density at radius 3 is 2.07 bits per heavy atom. The second-order valence-corrected chi connectivity index (χ2v) is 12.4. The van der Waals surface area contributed by atoms with Gasteiger partial charge >= 0.3 is 0 Å². The van der Waals surface area contributed by atoms with Gasteiger partial charge in [-0.05, 0) is 65.1 Å². The molecule has 1 unspecified atom stereocenters. The Labute approximate surface area is 264 Å². The number of aryl methyl sites for hydroxylation is 1. The van der Waals surface area contributed by atoms with Crippen LogP contribution in [0.1, 0.15) is 41.6 Å². The van der Waals surface area contributed by atoms with Crippen molar-refractivity contribution >= 4 is 33.4 Å². The number of hydrogen-bond acceptors (Lipinski definition) is 5. The fraction of sp³-hybridized carbons (Fsp3) is 0.235. The third-order valence-corrected chi connectivity index (χ3v) is 8.90. The zero-order valence-corrected chi connectivity index (χ0v) is 26.3. The molecule has 0 aliphatic carbocycles. The van der Waals surface area contributed by atoms with Gasteiger partial charge in [-0.2, -0.15) is 0 Å². The Morgan fingerprint density at radius 1 is 0.841 bits per heavy atom. The zero-order valence-electron chi connectivity index (χ0n) is 24.7. The SMILES string of the molecule is CCNS(=O)(=O)c1ccc(CCC(=O)N(Cc2ccc(Cl)cc2)C(C(=O)NCc2ccc(OC)cc2)c2ccccc2)cc1. The summed E-state index contributed by atoms with van der Waals surface area (Å²) in [6.45, 7) is 2.47. The van der Waals surface area contributed by atoms with Gasteiger partial charge < -0.3 is 15.0 Å². The van der Waals surface area contributed by atoms with Crippen LogP contribution in [0.2, 0.25) is 5.02 Å². The number of hydrogen-bond donors (Lipinski definition) is 2. The Kier molecular flexibility index (Phi) is 11.5. The predicted molar refractivity (Wildman–Crippen MR) is 172 cm³/mol. The van der Waals surface area contributed by atoms with Crippen LogP contribution in [0.5, 0.6) is 5.75 Å². The van der Waals surface area contributed by atoms with Gasteiger partial charge in [0.1, 0.15) is 11.8 Å². The number of rotatable bonds is 14. The molecule has 0 aromatic heterocycles. The maximum absolute atomic E-state index is 14.0. The van der Waals surface area contributed by atoms with Crippen molar-refractivity contribution in [1.82, 2.24) is 14.9 Å². The number of nitrogens with zero attached hydrogens (tertiary/aromatic N) is 1. The number of carbonyl (C=O) groups excluding carboxylic acids is 2. The average molecular weight is 634 g/mol. The van der Waals surface area contributed by atoms with E-state index in [4.69, 9.17) is 16.3 Å². The van der Waals surface area contributed by atoms with Crippen molar-refractivity contribution in [3.63, 3.8) is 0 Å². The Hall–Kier alpha value is -4.18. The van der Waals surface area contributed by atoms with E-state index in [0.29, 0.717) is 17.0 Å². The molecule has 10 heteroatoms. The van der Waals surface area contributed by atoms with Crippen molar-refractivity contribution < 1.29 is 22.7 Å². The summed E-state index contributed by atoms with van der Waals surface area (Å²) >= 11 is 6.12. The van der Waals surface area contributed by atoms with Crippen molar-refractivity contribution in [2.45, 2.75) is 43.8 Å². The molecule has 44 heavy (non-hydrogen) atoms. The molecule has 0 fully saturated rings. The van der Waals surface area contributed by atoms with Crippen LogP contribution in [0.15, 0.2) is 108 Å². The first-order chi connectivity index (χ1) is 21.2. The number of amides is 2. The summed E-state index contributed by atoms with van der Waals surface area (Å²) < 4.78 is 32.3. The minimum atomic E-state index is -3.58. The molecule has 2 amide bonds. The minimum Gasteiger partial charge on any atom is -0.497 e. The summed E-state index contributed by atoms with van der Waals surface area (Å²) in [5, 5.41) is 3.58. The fourth-order valence-corrected chi connectivity index (χ4v) is 5.92. The number of halogens is 1. The van der Waals surface area contributed by atoms with Crippen LogP contribution >= 0.6 is 11.6 Å². The lowest BCUT2D eigenvalue weighted by Gasteiger charge is -2.32. The van der Waals surface area contributed by atoms with Crippen LogP contribution in [0.4, 0.5) is 0 Å². The smallest absolute Gasteiger partial charge is 0.247 e. The molecule has 8 nitrogen and oxygen atoms in total. The highest BCUT2D eigenvalue weighted by Crippen LogP contribution is 2.26. The van der Waals surface area contributed by atoms with Crippen LogP contribution in [-0.4, -0.2) is 38.8 Å². The quantitative estimate of drug-likeness (QED) is 0.186. The molecule has 0 radical (unpaired) electrons. The van der Waals surface area contributed by atoms with Crippen LogP contribution in [0.3, 0.4) is 0 Å². The lowest BCUT2D eigenvalue weighted by atomic mass is 10.0. The van der Waals surface area contributed by atoms with Crippen LogP contribution in [-0.2, 0) is 39.1 Å². The third kappa shape index (κ3) is 8.92. The number of ether oxygens (including phenoxy) is 1. The molecule has 4 rings (SSSR count). The first-order valence-corrected chi connectivity index (χ1v) is 16.1. The first kappa shape index (κ1) is 32.7. The van der Waals surface area contributed by atoms with Gasteiger partial charge in [-0.25, -0.2) is 13.1 Å². The van der Waals surface area contributed by atoms with Gasteiger partial charge in [-0.3, -0.25) is 9.59 Å². The van der Waals surface area contributed by atoms with E-state index in [9.17, 15) is 18.0 Å². The standard InChI is InChI=1S/C34H36ClN3O5S/c1-3-37-44(41,42)31-20-13-25(14-21-31)15-22-32(39)38(24-27-9-16-29(35)17-10-27)33(28-7-5-4-6-8-28)34(40)36-23-26-11-18-30(43-2)19-12-26/h4-14,16-21,33,37H,3,15,22-24H2,1-2H3,(H,36,40). The predicted octanol–water partition coefficient (Wildman–Crippen LogP) is 5.67. The first-order valence-electron chi connectivity index (χ1n) is 14.3. The Morgan fingerprint density at radius 2 is 1.45 bits per heavy atom. The normalized spacial score (nSPS) is 11.9. The molecular formula is C34H36ClN3O5S. The van der Waals surface area contributed by atoms with Crippen LogP contribution < -0.4 is 14.8 Å². The van der Waals surface area contributed by atoms with Gasteiger partial charge in [-0.1, -0.05) is 85.3 Å². The molecule has 0 spiro atoms. The fourth-order valence-electron chi connectivity index (χ4n) is 4.75. The summed E-state index contributed by atoms with van der Waals surface area (Å²) in [5.41, 5.74) is 3.20. The summed E-state index contributed by atoms with van der Waals surface area (Å²) in [6, 6.07) is 29.4. The zero-order chi connectivity index (χ0) is 31.5. The van der Waals surface area contributed by atoms with Crippen LogP contribution in [0, 0.1) is 0 Å². The number of carbonyl (C=O) groups is 2. The molecular weight excluding hydrogens is 598 g/mol. The minimum absolute atomic E-state index is 0.113. The summed E-state index contributed by atoms with van der Waals surface area (Å²) in [4.78, 5) is 29.6. The van der Waals surface area contributed by atoms with E-state index < -0.39 is 16.1 Å². The molecule has 0 heterocycles. The van der Waals surface area contributed by atoms with Crippen molar-refractivity contribution in [2.75, 3.05) is 13.7 Å². The van der Waals surface area contributed by atoms with Gasteiger partial charge in [0.25, 0.3) is 0 Å². The van der Waals surface area contributed by atoms with Crippen molar-refractivity contribution in [1.29, 1.82) is 0 Å². The number of sulfonamides is 1. The molecule has 0 saturated carbocycles. The van der Waals surface area contributed by atoms with E-state index in [1.54, 1.807) is 43.2 Å². The van der Waals surface area contributed by atoms with E-state index in [-0.39, 0.29) is 42.8 Å². The second-order valence-electron chi connectivity index (χ2n) is 10.2. The van der Waals surface area contributed by atoms with E-state index in [1.165, 1.54) is 12.1 Å². The molecule has 0 saturated heterocycles. The number of benzene rings is 4. The Balaban J connectivity index is 1.59. The second kappa shape index (κ2) is 15.5. The maximum atomic E-state index is 14.0. The highest BCUT2D eigenvalue weighted by Gasteiger charge is 2.31. The van der Waals surface area contributed by atoms with Gasteiger partial charge in [0, 0.05) is 31.1 Å².